The van der Waals surface area contributed by atoms with Crippen molar-refractivity contribution in [1.82, 2.24) is 0 Å². The minimum atomic E-state index is -0.608. The summed E-state index contributed by atoms with van der Waals surface area (Å²) in [6.07, 6.45) is 0. The van der Waals surface area contributed by atoms with E-state index in [-0.39, 0.29) is 22.7 Å². The van der Waals surface area contributed by atoms with Crippen LogP contribution in [0.1, 0.15) is 21.5 Å². The number of carbonyl (C=O) groups excluding carboxylic acids is 1. The molecule has 0 atom stereocenters. The van der Waals surface area contributed by atoms with Crippen molar-refractivity contribution in [3.8, 4) is 5.75 Å². The van der Waals surface area contributed by atoms with Gasteiger partial charge in [0, 0.05) is 11.1 Å². The molecular formula is C15H13FN2O2S. The Kier molecular flexibility index (Phi) is 4.49. The van der Waals surface area contributed by atoms with E-state index < -0.39 is 11.7 Å². The number of primary amides is 1. The van der Waals surface area contributed by atoms with Gasteiger partial charge in [0.15, 0.2) is 0 Å². The van der Waals surface area contributed by atoms with E-state index in [9.17, 15) is 9.18 Å². The first-order valence-corrected chi connectivity index (χ1v) is 6.50. The van der Waals surface area contributed by atoms with E-state index in [1.807, 2.05) is 0 Å². The van der Waals surface area contributed by atoms with E-state index in [2.05, 4.69) is 0 Å². The molecule has 0 bridgehead atoms. The third-order valence-corrected chi connectivity index (χ3v) is 3.10. The summed E-state index contributed by atoms with van der Waals surface area (Å²) in [7, 11) is 0. The molecule has 108 valence electrons. The topological polar surface area (TPSA) is 78.3 Å². The van der Waals surface area contributed by atoms with Gasteiger partial charge in [-0.2, -0.15) is 0 Å². The molecule has 1 amide bonds. The molecule has 0 heterocycles. The number of halogens is 1. The normalized spacial score (nSPS) is 10.1. The quantitative estimate of drug-likeness (QED) is 0.830. The van der Waals surface area contributed by atoms with Gasteiger partial charge in [0.05, 0.1) is 5.56 Å². The lowest BCUT2D eigenvalue weighted by molar-refractivity contribution is 0.0996. The lowest BCUT2D eigenvalue weighted by Gasteiger charge is -2.11. The average Bonchev–Trinajstić information content (AvgIpc) is 2.46. The van der Waals surface area contributed by atoms with E-state index >= 15 is 0 Å². The van der Waals surface area contributed by atoms with Gasteiger partial charge >= 0.3 is 0 Å². The molecule has 0 spiro atoms. The lowest BCUT2D eigenvalue weighted by Crippen LogP contribution is -2.15. The fourth-order valence-electron chi connectivity index (χ4n) is 1.83. The molecule has 4 nitrogen and oxygen atoms in total. The number of rotatable bonds is 5. The average molecular weight is 304 g/mol. The first-order chi connectivity index (χ1) is 10.0. The van der Waals surface area contributed by atoms with Crippen LogP contribution >= 0.6 is 12.2 Å². The van der Waals surface area contributed by atoms with Crippen LogP contribution in [-0.4, -0.2) is 10.9 Å². The zero-order valence-electron chi connectivity index (χ0n) is 11.0. The summed E-state index contributed by atoms with van der Waals surface area (Å²) in [5.74, 6) is -0.838. The van der Waals surface area contributed by atoms with Crippen LogP contribution in [0.5, 0.6) is 5.75 Å². The minimum Gasteiger partial charge on any atom is -0.488 e. The van der Waals surface area contributed by atoms with Gasteiger partial charge in [0.2, 0.25) is 0 Å². The number of hydrogen-bond donors (Lipinski definition) is 2. The van der Waals surface area contributed by atoms with E-state index in [4.69, 9.17) is 28.4 Å². The summed E-state index contributed by atoms with van der Waals surface area (Å²) in [6.45, 7) is -0.0629. The lowest BCUT2D eigenvalue weighted by atomic mass is 10.1. The summed E-state index contributed by atoms with van der Waals surface area (Å²) < 4.78 is 19.6. The maximum absolute atomic E-state index is 14.1. The van der Waals surface area contributed by atoms with Crippen molar-refractivity contribution in [2.45, 2.75) is 6.61 Å². The number of carbonyl (C=O) groups is 1. The number of ether oxygens (including phenoxy) is 1. The molecule has 0 fully saturated rings. The van der Waals surface area contributed by atoms with Crippen molar-refractivity contribution in [3.63, 3.8) is 0 Å². The molecule has 21 heavy (non-hydrogen) atoms. The fraction of sp³-hybridized carbons (Fsp3) is 0.0667. The molecule has 6 heteroatoms. The molecule has 2 rings (SSSR count). The second kappa shape index (κ2) is 6.32. The molecule has 0 unspecified atom stereocenters. The Morgan fingerprint density at radius 3 is 2.43 bits per heavy atom. The summed E-state index contributed by atoms with van der Waals surface area (Å²) in [5, 5.41) is 0. The Labute approximate surface area is 126 Å². The zero-order chi connectivity index (χ0) is 15.4. The van der Waals surface area contributed by atoms with Gasteiger partial charge in [0.25, 0.3) is 5.91 Å². The number of thiocarbonyl (C=S) groups is 1. The number of hydrogen-bond acceptors (Lipinski definition) is 3. The number of benzene rings is 2. The van der Waals surface area contributed by atoms with Crippen molar-refractivity contribution in [3.05, 3.63) is 65.0 Å². The van der Waals surface area contributed by atoms with Gasteiger partial charge in [-0.3, -0.25) is 4.79 Å². The van der Waals surface area contributed by atoms with Crippen LogP contribution in [0.15, 0.2) is 42.5 Å². The molecule has 0 aliphatic carbocycles. The van der Waals surface area contributed by atoms with Crippen molar-refractivity contribution in [2.75, 3.05) is 0 Å². The van der Waals surface area contributed by atoms with Crippen LogP contribution in [0.3, 0.4) is 0 Å². The molecule has 0 aliphatic rings. The largest absolute Gasteiger partial charge is 0.488 e. The first-order valence-electron chi connectivity index (χ1n) is 6.09. The van der Waals surface area contributed by atoms with Gasteiger partial charge in [-0.05, 0) is 18.2 Å². The second-order valence-electron chi connectivity index (χ2n) is 4.29. The highest BCUT2D eigenvalue weighted by Gasteiger charge is 2.12. The van der Waals surface area contributed by atoms with Crippen LogP contribution in [0.25, 0.3) is 0 Å². The Morgan fingerprint density at radius 1 is 1.10 bits per heavy atom. The summed E-state index contributed by atoms with van der Waals surface area (Å²) >= 11 is 4.78. The van der Waals surface area contributed by atoms with Crippen molar-refractivity contribution < 1.29 is 13.9 Å². The van der Waals surface area contributed by atoms with Crippen molar-refractivity contribution in [1.29, 1.82) is 0 Å². The molecule has 2 aromatic rings. The third-order valence-electron chi connectivity index (χ3n) is 2.88. The van der Waals surface area contributed by atoms with Crippen molar-refractivity contribution >= 4 is 23.1 Å². The number of amides is 1. The van der Waals surface area contributed by atoms with Gasteiger partial charge in [-0.1, -0.05) is 36.5 Å². The molecule has 2 aromatic carbocycles. The van der Waals surface area contributed by atoms with Gasteiger partial charge in [-0.25, -0.2) is 4.39 Å². The Bertz CT molecular complexity index is 704. The van der Waals surface area contributed by atoms with Crippen LogP contribution < -0.4 is 16.2 Å². The summed E-state index contributed by atoms with van der Waals surface area (Å²) in [5.41, 5.74) is 11.4. The molecule has 4 N–H and O–H groups in total. The van der Waals surface area contributed by atoms with Gasteiger partial charge in [-0.15, -0.1) is 0 Å². The molecule has 0 saturated heterocycles. The van der Waals surface area contributed by atoms with Gasteiger partial charge < -0.3 is 16.2 Å². The monoisotopic (exact) mass is 304 g/mol. The van der Waals surface area contributed by atoms with E-state index in [1.165, 1.54) is 6.07 Å². The molecule has 0 radical (unpaired) electrons. The number of nitrogens with two attached hydrogens (primary N) is 2. The highest BCUT2D eigenvalue weighted by molar-refractivity contribution is 7.80. The predicted molar refractivity (Wildman–Crippen MR) is 81.6 cm³/mol. The van der Waals surface area contributed by atoms with Crippen LogP contribution in [0, 0.1) is 5.82 Å². The van der Waals surface area contributed by atoms with Gasteiger partial charge in [0.1, 0.15) is 23.2 Å². The van der Waals surface area contributed by atoms with Crippen LogP contribution in [-0.2, 0) is 6.61 Å². The molecular weight excluding hydrogens is 291 g/mol. The molecule has 0 aromatic heterocycles. The van der Waals surface area contributed by atoms with Crippen LogP contribution in [0.4, 0.5) is 4.39 Å². The highest BCUT2D eigenvalue weighted by atomic mass is 32.1. The summed E-state index contributed by atoms with van der Waals surface area (Å²) in [6, 6.07) is 11.2. The minimum absolute atomic E-state index is 0.0214. The maximum atomic E-state index is 14.1. The van der Waals surface area contributed by atoms with E-state index in [1.54, 1.807) is 36.4 Å². The zero-order valence-corrected chi connectivity index (χ0v) is 11.8. The maximum Gasteiger partial charge on any atom is 0.252 e. The predicted octanol–water partition coefficient (Wildman–Crippen LogP) is 2.14. The second-order valence-corrected chi connectivity index (χ2v) is 4.73. The van der Waals surface area contributed by atoms with E-state index in [0.717, 1.165) is 0 Å². The Morgan fingerprint density at radius 2 is 1.76 bits per heavy atom. The smallest absolute Gasteiger partial charge is 0.252 e. The van der Waals surface area contributed by atoms with Crippen molar-refractivity contribution in [2.24, 2.45) is 11.5 Å². The third kappa shape index (κ3) is 3.35. The first kappa shape index (κ1) is 14.9. The Hall–Kier alpha value is -2.47. The molecule has 0 saturated carbocycles. The standard InChI is InChI=1S/C15H13FN2O2S/c16-13-9(4-3-6-11(13)15(18)21)8-20-12-7-2-1-5-10(12)14(17)19/h1-7H,8H2,(H2,17,19)(H2,18,21). The Balaban J connectivity index is 2.23. The summed E-state index contributed by atoms with van der Waals surface area (Å²) in [4.78, 5) is 11.3. The van der Waals surface area contributed by atoms with E-state index in [0.29, 0.717) is 11.3 Å². The fourth-order valence-corrected chi connectivity index (χ4v) is 1.99. The highest BCUT2D eigenvalue weighted by Crippen LogP contribution is 2.20. The SMILES string of the molecule is NC(=O)c1ccccc1OCc1cccc(C(N)=S)c1F. The van der Waals surface area contributed by atoms with Crippen LogP contribution in [0.2, 0.25) is 0 Å². The number of para-hydroxylation sites is 1. The molecule has 0 aliphatic heterocycles.